The zero-order valence-corrected chi connectivity index (χ0v) is 15.0. The lowest BCUT2D eigenvalue weighted by molar-refractivity contribution is 0.620. The first-order valence-electron chi connectivity index (χ1n) is 8.94. The minimum atomic E-state index is -0.252. The number of hydrogen-bond acceptors (Lipinski definition) is 4. The first-order valence-corrected chi connectivity index (χ1v) is 8.94. The number of hydrogen-bond donors (Lipinski definition) is 2. The fourth-order valence-electron chi connectivity index (χ4n) is 3.02. The van der Waals surface area contributed by atoms with Crippen LogP contribution in [0.5, 0.6) is 0 Å². The van der Waals surface area contributed by atoms with Crippen molar-refractivity contribution in [2.75, 3.05) is 17.6 Å². The number of oxazole rings is 1. The molecule has 0 saturated carbocycles. The van der Waals surface area contributed by atoms with Gasteiger partial charge in [-0.15, -0.1) is 0 Å². The van der Waals surface area contributed by atoms with Crippen LogP contribution in [0.15, 0.2) is 65.1 Å². The molecule has 4 nitrogen and oxygen atoms in total. The summed E-state index contributed by atoms with van der Waals surface area (Å²) in [5.41, 5.74) is 11.7. The van der Waals surface area contributed by atoms with Gasteiger partial charge in [0.2, 0.25) is 5.89 Å². The van der Waals surface area contributed by atoms with Crippen LogP contribution in [-0.4, -0.2) is 11.5 Å². The highest BCUT2D eigenvalue weighted by Crippen LogP contribution is 2.33. The van der Waals surface area contributed by atoms with E-state index in [9.17, 15) is 4.39 Å². The van der Waals surface area contributed by atoms with Crippen LogP contribution in [0.3, 0.4) is 0 Å². The van der Waals surface area contributed by atoms with Crippen LogP contribution in [0.4, 0.5) is 15.8 Å². The molecule has 0 bridgehead atoms. The number of nitrogen functional groups attached to an aromatic ring is 1. The molecular formula is C22H20FN3O. The Morgan fingerprint density at radius 3 is 2.56 bits per heavy atom. The Morgan fingerprint density at radius 2 is 1.78 bits per heavy atom. The van der Waals surface area contributed by atoms with Crippen LogP contribution in [0.25, 0.3) is 33.7 Å². The van der Waals surface area contributed by atoms with Crippen LogP contribution in [-0.2, 0) is 0 Å². The van der Waals surface area contributed by atoms with Crippen molar-refractivity contribution in [3.8, 4) is 22.6 Å². The molecule has 0 aliphatic rings. The van der Waals surface area contributed by atoms with Gasteiger partial charge in [0, 0.05) is 17.9 Å². The summed E-state index contributed by atoms with van der Waals surface area (Å²) in [6.45, 7) is 2.96. The Kier molecular flexibility index (Phi) is 4.50. The molecule has 5 heteroatoms. The third-order valence-electron chi connectivity index (χ3n) is 4.40. The summed E-state index contributed by atoms with van der Waals surface area (Å²) in [5, 5.41) is 3.38. The van der Waals surface area contributed by atoms with Crippen molar-refractivity contribution in [2.45, 2.75) is 13.3 Å². The first-order chi connectivity index (χ1) is 13.1. The lowest BCUT2D eigenvalue weighted by Gasteiger charge is -2.09. The Balaban J connectivity index is 1.76. The minimum Gasteiger partial charge on any atom is -0.436 e. The smallest absolute Gasteiger partial charge is 0.229 e. The van der Waals surface area contributed by atoms with Crippen molar-refractivity contribution < 1.29 is 8.81 Å². The fourth-order valence-corrected chi connectivity index (χ4v) is 3.02. The van der Waals surface area contributed by atoms with Crippen LogP contribution in [0.1, 0.15) is 13.3 Å². The van der Waals surface area contributed by atoms with Gasteiger partial charge in [-0.3, -0.25) is 0 Å². The maximum atomic E-state index is 13.2. The summed E-state index contributed by atoms with van der Waals surface area (Å²) in [6.07, 6.45) is 1.01. The van der Waals surface area contributed by atoms with Crippen molar-refractivity contribution in [1.82, 2.24) is 4.98 Å². The van der Waals surface area contributed by atoms with Crippen molar-refractivity contribution in [1.29, 1.82) is 0 Å². The largest absolute Gasteiger partial charge is 0.436 e. The van der Waals surface area contributed by atoms with E-state index in [0.29, 0.717) is 17.2 Å². The molecular weight excluding hydrogens is 341 g/mol. The molecule has 0 aliphatic carbocycles. The topological polar surface area (TPSA) is 64.1 Å². The monoisotopic (exact) mass is 361 g/mol. The average molecular weight is 361 g/mol. The molecule has 0 aliphatic heterocycles. The predicted octanol–water partition coefficient (Wildman–Crippen LogP) is 5.71. The van der Waals surface area contributed by atoms with Gasteiger partial charge in [0.25, 0.3) is 0 Å². The summed E-state index contributed by atoms with van der Waals surface area (Å²) in [6, 6.07) is 17.8. The van der Waals surface area contributed by atoms with Gasteiger partial charge >= 0.3 is 0 Å². The van der Waals surface area contributed by atoms with E-state index in [0.717, 1.165) is 40.9 Å². The number of rotatable bonds is 5. The van der Waals surface area contributed by atoms with Gasteiger partial charge < -0.3 is 15.5 Å². The third-order valence-corrected chi connectivity index (χ3v) is 4.40. The average Bonchev–Trinajstić information content (AvgIpc) is 3.10. The number of nitrogens with two attached hydrogens (primary N) is 1. The molecule has 3 aromatic carbocycles. The number of fused-ring (bicyclic) bond motifs is 1. The van der Waals surface area contributed by atoms with E-state index in [1.807, 2.05) is 36.4 Å². The molecule has 0 amide bonds. The molecule has 0 unspecified atom stereocenters. The normalized spacial score (nSPS) is 11.0. The second-order valence-electron chi connectivity index (χ2n) is 6.44. The Morgan fingerprint density at radius 1 is 1.00 bits per heavy atom. The molecule has 0 radical (unpaired) electrons. The van der Waals surface area contributed by atoms with E-state index in [1.165, 1.54) is 12.1 Å². The molecule has 27 heavy (non-hydrogen) atoms. The van der Waals surface area contributed by atoms with Crippen LogP contribution in [0, 0.1) is 5.82 Å². The second-order valence-corrected chi connectivity index (χ2v) is 6.44. The summed E-state index contributed by atoms with van der Waals surface area (Å²) in [4.78, 5) is 4.66. The molecule has 1 aromatic heterocycles. The van der Waals surface area contributed by atoms with Gasteiger partial charge in [0.1, 0.15) is 11.3 Å². The van der Waals surface area contributed by atoms with Crippen LogP contribution >= 0.6 is 0 Å². The highest BCUT2D eigenvalue weighted by atomic mass is 19.1. The van der Waals surface area contributed by atoms with Gasteiger partial charge in [0.15, 0.2) is 5.58 Å². The first kappa shape index (κ1) is 17.1. The Bertz CT molecular complexity index is 1090. The van der Waals surface area contributed by atoms with Crippen molar-refractivity contribution in [3.05, 3.63) is 66.5 Å². The molecule has 0 atom stereocenters. The lowest BCUT2D eigenvalue weighted by atomic mass is 10.1. The van der Waals surface area contributed by atoms with E-state index in [4.69, 9.17) is 10.2 Å². The lowest BCUT2D eigenvalue weighted by Crippen LogP contribution is -2.02. The van der Waals surface area contributed by atoms with Gasteiger partial charge in [-0.25, -0.2) is 9.37 Å². The maximum absolute atomic E-state index is 13.2. The molecule has 4 rings (SSSR count). The van der Waals surface area contributed by atoms with Gasteiger partial charge in [-0.1, -0.05) is 25.1 Å². The van der Waals surface area contributed by atoms with Crippen LogP contribution < -0.4 is 11.1 Å². The second kappa shape index (κ2) is 7.11. The Hall–Kier alpha value is -3.34. The standard InChI is InChI=1S/C22H20FN3O/c1-2-11-25-19-9-8-17(24)13-18(19)22-26-20-12-15(5-10-21(20)27-22)14-3-6-16(23)7-4-14/h3-10,12-13,25H,2,11,24H2,1H3. The van der Waals surface area contributed by atoms with E-state index in [2.05, 4.69) is 17.2 Å². The highest BCUT2D eigenvalue weighted by Gasteiger charge is 2.14. The molecule has 0 spiro atoms. The maximum Gasteiger partial charge on any atom is 0.229 e. The fraction of sp³-hybridized carbons (Fsp3) is 0.136. The highest BCUT2D eigenvalue weighted by molar-refractivity contribution is 5.85. The molecule has 0 saturated heterocycles. The SMILES string of the molecule is CCCNc1ccc(N)cc1-c1nc2cc(-c3ccc(F)cc3)ccc2o1. The predicted molar refractivity (Wildman–Crippen MR) is 108 cm³/mol. The van der Waals surface area contributed by atoms with E-state index < -0.39 is 0 Å². The number of aromatic nitrogens is 1. The van der Waals surface area contributed by atoms with Crippen molar-refractivity contribution in [2.24, 2.45) is 0 Å². The summed E-state index contributed by atoms with van der Waals surface area (Å²) in [7, 11) is 0. The number of halogens is 1. The summed E-state index contributed by atoms with van der Waals surface area (Å²) in [5.74, 6) is 0.268. The zero-order valence-electron chi connectivity index (χ0n) is 15.0. The van der Waals surface area contributed by atoms with Crippen molar-refractivity contribution in [3.63, 3.8) is 0 Å². The third kappa shape index (κ3) is 3.49. The molecule has 1 heterocycles. The minimum absolute atomic E-state index is 0.252. The molecule has 0 fully saturated rings. The number of nitrogens with zero attached hydrogens (tertiary/aromatic N) is 1. The van der Waals surface area contributed by atoms with E-state index >= 15 is 0 Å². The number of benzene rings is 3. The van der Waals surface area contributed by atoms with Crippen molar-refractivity contribution >= 4 is 22.5 Å². The van der Waals surface area contributed by atoms with Gasteiger partial charge in [-0.05, 0) is 60.0 Å². The molecule has 3 N–H and O–H groups in total. The Labute approximate surface area is 156 Å². The zero-order chi connectivity index (χ0) is 18.8. The van der Waals surface area contributed by atoms with Gasteiger partial charge in [0.05, 0.1) is 5.56 Å². The van der Waals surface area contributed by atoms with Gasteiger partial charge in [-0.2, -0.15) is 0 Å². The quantitative estimate of drug-likeness (QED) is 0.447. The molecule has 136 valence electrons. The number of anilines is 2. The van der Waals surface area contributed by atoms with E-state index in [1.54, 1.807) is 12.1 Å². The summed E-state index contributed by atoms with van der Waals surface area (Å²) >= 11 is 0. The van der Waals surface area contributed by atoms with E-state index in [-0.39, 0.29) is 5.82 Å². The number of nitrogens with one attached hydrogen (secondary N) is 1. The van der Waals surface area contributed by atoms with Crippen LogP contribution in [0.2, 0.25) is 0 Å². The summed E-state index contributed by atoms with van der Waals surface area (Å²) < 4.78 is 19.1. The molecule has 4 aromatic rings.